The Labute approximate surface area is 93.1 Å². The molecule has 1 aliphatic rings. The number of aliphatic hydroxyl groups is 1. The van der Waals surface area contributed by atoms with Gasteiger partial charge in [0.15, 0.2) is 0 Å². The van der Waals surface area contributed by atoms with Crippen LogP contribution in [0.2, 0.25) is 0 Å². The molecule has 15 heavy (non-hydrogen) atoms. The Kier molecular flexibility index (Phi) is 5.92. The number of aliphatic hydroxyl groups excluding tert-OH is 1. The van der Waals surface area contributed by atoms with Crippen LogP contribution in [0.3, 0.4) is 0 Å². The summed E-state index contributed by atoms with van der Waals surface area (Å²) in [6.45, 7) is 2.15. The van der Waals surface area contributed by atoms with Crippen molar-refractivity contribution < 1.29 is 9.90 Å². The van der Waals surface area contributed by atoms with Crippen LogP contribution in [-0.4, -0.2) is 17.0 Å². The van der Waals surface area contributed by atoms with E-state index in [-0.39, 0.29) is 12.0 Å². The highest BCUT2D eigenvalue weighted by Gasteiger charge is 2.24. The monoisotopic (exact) mass is 212 g/mol. The minimum atomic E-state index is -0.214. The zero-order chi connectivity index (χ0) is 11.1. The zero-order valence-corrected chi connectivity index (χ0v) is 9.87. The average molecular weight is 212 g/mol. The molecule has 2 nitrogen and oxygen atoms in total. The Balaban J connectivity index is 2.18. The Hall–Kier alpha value is -0.370. The van der Waals surface area contributed by atoms with Crippen molar-refractivity contribution in [3.63, 3.8) is 0 Å². The molecule has 2 atom stereocenters. The lowest BCUT2D eigenvalue weighted by atomic mass is 9.83. The van der Waals surface area contributed by atoms with Crippen molar-refractivity contribution in [2.75, 3.05) is 0 Å². The molecule has 0 bridgehead atoms. The van der Waals surface area contributed by atoms with E-state index >= 15 is 0 Å². The maximum absolute atomic E-state index is 11.6. The lowest BCUT2D eigenvalue weighted by molar-refractivity contribution is -0.121. The average Bonchev–Trinajstić information content (AvgIpc) is 2.22. The Morgan fingerprint density at radius 1 is 1.27 bits per heavy atom. The van der Waals surface area contributed by atoms with Gasteiger partial charge in [0.2, 0.25) is 0 Å². The summed E-state index contributed by atoms with van der Waals surface area (Å²) in [5.41, 5.74) is 0. The molecule has 0 aromatic heterocycles. The first-order valence-electron chi connectivity index (χ1n) is 6.43. The van der Waals surface area contributed by atoms with Crippen molar-refractivity contribution >= 4 is 5.78 Å². The summed E-state index contributed by atoms with van der Waals surface area (Å²) < 4.78 is 0. The van der Waals surface area contributed by atoms with Gasteiger partial charge in [-0.25, -0.2) is 0 Å². The molecular weight excluding hydrogens is 188 g/mol. The van der Waals surface area contributed by atoms with Crippen molar-refractivity contribution in [3.05, 3.63) is 0 Å². The molecule has 88 valence electrons. The van der Waals surface area contributed by atoms with Gasteiger partial charge in [-0.1, -0.05) is 32.6 Å². The van der Waals surface area contributed by atoms with Gasteiger partial charge in [0.1, 0.15) is 5.78 Å². The smallest absolute Gasteiger partial charge is 0.133 e. The predicted octanol–water partition coefficient (Wildman–Crippen LogP) is 3.08. The van der Waals surface area contributed by atoms with E-state index in [1.807, 2.05) is 0 Å². The number of ketones is 1. The van der Waals surface area contributed by atoms with Crippen molar-refractivity contribution in [2.24, 2.45) is 5.92 Å². The van der Waals surface area contributed by atoms with Gasteiger partial charge in [-0.15, -0.1) is 0 Å². The van der Waals surface area contributed by atoms with Gasteiger partial charge in [-0.05, 0) is 25.2 Å². The highest BCUT2D eigenvalue weighted by atomic mass is 16.3. The fourth-order valence-corrected chi connectivity index (χ4v) is 2.39. The van der Waals surface area contributed by atoms with Crippen LogP contribution in [0.25, 0.3) is 0 Å². The standard InChI is InChI=1S/C13H24O2/c1-2-3-4-8-12(14)10-11-7-5-6-9-13(11)15/h11,13,15H,2-10H2,1H3/t11-,13+/m0/s1. The van der Waals surface area contributed by atoms with Gasteiger partial charge in [0.05, 0.1) is 6.10 Å². The number of hydrogen-bond acceptors (Lipinski definition) is 2. The number of rotatable bonds is 6. The summed E-state index contributed by atoms with van der Waals surface area (Å²) in [5.74, 6) is 0.613. The molecule has 1 saturated carbocycles. The molecule has 0 spiro atoms. The van der Waals surface area contributed by atoms with E-state index in [1.165, 1.54) is 12.8 Å². The molecule has 1 aliphatic carbocycles. The second-order valence-electron chi connectivity index (χ2n) is 4.81. The van der Waals surface area contributed by atoms with Crippen molar-refractivity contribution in [3.8, 4) is 0 Å². The van der Waals surface area contributed by atoms with E-state index in [2.05, 4.69) is 6.92 Å². The van der Waals surface area contributed by atoms with Crippen molar-refractivity contribution in [2.45, 2.75) is 70.8 Å². The van der Waals surface area contributed by atoms with Gasteiger partial charge in [0.25, 0.3) is 0 Å². The summed E-state index contributed by atoms with van der Waals surface area (Å²) in [5, 5.41) is 9.74. The van der Waals surface area contributed by atoms with Crippen LogP contribution in [0.1, 0.15) is 64.7 Å². The van der Waals surface area contributed by atoms with Crippen LogP contribution in [0.4, 0.5) is 0 Å². The molecule has 0 aromatic rings. The molecule has 1 N–H and O–H groups in total. The van der Waals surface area contributed by atoms with Crippen LogP contribution < -0.4 is 0 Å². The van der Waals surface area contributed by atoms with E-state index in [1.54, 1.807) is 0 Å². The highest BCUT2D eigenvalue weighted by molar-refractivity contribution is 5.78. The van der Waals surface area contributed by atoms with Gasteiger partial charge >= 0.3 is 0 Å². The lowest BCUT2D eigenvalue weighted by Gasteiger charge is -2.26. The second kappa shape index (κ2) is 7.00. The fourth-order valence-electron chi connectivity index (χ4n) is 2.39. The Bertz CT molecular complexity index is 189. The molecule has 0 aromatic carbocycles. The largest absolute Gasteiger partial charge is 0.393 e. The number of carbonyl (C=O) groups excluding carboxylic acids is 1. The molecule has 0 saturated heterocycles. The van der Waals surface area contributed by atoms with E-state index in [9.17, 15) is 9.90 Å². The number of hydrogen-bond donors (Lipinski definition) is 1. The molecule has 0 unspecified atom stereocenters. The maximum Gasteiger partial charge on any atom is 0.133 e. The molecule has 1 fully saturated rings. The first-order valence-corrected chi connectivity index (χ1v) is 6.43. The van der Waals surface area contributed by atoms with Gasteiger partial charge in [-0.3, -0.25) is 4.79 Å². The van der Waals surface area contributed by atoms with Crippen LogP contribution in [-0.2, 0) is 4.79 Å². The van der Waals surface area contributed by atoms with Crippen LogP contribution in [0, 0.1) is 5.92 Å². The molecule has 0 heterocycles. The fraction of sp³-hybridized carbons (Fsp3) is 0.923. The van der Waals surface area contributed by atoms with Gasteiger partial charge in [0, 0.05) is 12.8 Å². The quantitative estimate of drug-likeness (QED) is 0.687. The molecule has 2 heteroatoms. The van der Waals surface area contributed by atoms with Crippen LogP contribution in [0.15, 0.2) is 0 Å². The third-order valence-electron chi connectivity index (χ3n) is 3.42. The van der Waals surface area contributed by atoms with E-state index in [4.69, 9.17) is 0 Å². The minimum Gasteiger partial charge on any atom is -0.393 e. The highest BCUT2D eigenvalue weighted by Crippen LogP contribution is 2.27. The molecule has 1 rings (SSSR count). The number of carbonyl (C=O) groups is 1. The first-order chi connectivity index (χ1) is 7.24. The van der Waals surface area contributed by atoms with Gasteiger partial charge < -0.3 is 5.11 Å². The van der Waals surface area contributed by atoms with E-state index in [0.717, 1.165) is 38.5 Å². The number of Topliss-reactive ketones (excluding diaryl/α,β-unsaturated/α-hetero) is 1. The second-order valence-corrected chi connectivity index (χ2v) is 4.81. The van der Waals surface area contributed by atoms with E-state index in [0.29, 0.717) is 12.2 Å². The lowest BCUT2D eigenvalue weighted by Crippen LogP contribution is -2.26. The molecule has 0 aliphatic heterocycles. The summed E-state index contributed by atoms with van der Waals surface area (Å²) in [6.07, 6.45) is 8.71. The first kappa shape index (κ1) is 12.7. The van der Waals surface area contributed by atoms with E-state index < -0.39 is 0 Å². The normalized spacial score (nSPS) is 26.5. The Morgan fingerprint density at radius 3 is 2.67 bits per heavy atom. The van der Waals surface area contributed by atoms with Crippen molar-refractivity contribution in [1.29, 1.82) is 0 Å². The Morgan fingerprint density at radius 2 is 2.00 bits per heavy atom. The SMILES string of the molecule is CCCCCC(=O)C[C@@H]1CCCC[C@H]1O. The van der Waals surface area contributed by atoms with Gasteiger partial charge in [-0.2, -0.15) is 0 Å². The maximum atomic E-state index is 11.6. The van der Waals surface area contributed by atoms with Crippen LogP contribution >= 0.6 is 0 Å². The van der Waals surface area contributed by atoms with Crippen LogP contribution in [0.5, 0.6) is 0 Å². The summed E-state index contributed by atoms with van der Waals surface area (Å²) in [7, 11) is 0. The summed E-state index contributed by atoms with van der Waals surface area (Å²) in [6, 6.07) is 0. The molecule has 0 radical (unpaired) electrons. The molecular formula is C13H24O2. The summed E-state index contributed by atoms with van der Waals surface area (Å²) >= 11 is 0. The predicted molar refractivity (Wildman–Crippen MR) is 61.7 cm³/mol. The minimum absolute atomic E-state index is 0.214. The van der Waals surface area contributed by atoms with Crippen molar-refractivity contribution in [1.82, 2.24) is 0 Å². The number of unbranched alkanes of at least 4 members (excludes halogenated alkanes) is 2. The molecule has 0 amide bonds. The third-order valence-corrected chi connectivity index (χ3v) is 3.42. The third kappa shape index (κ3) is 4.78. The summed E-state index contributed by atoms with van der Waals surface area (Å²) in [4.78, 5) is 11.6. The topological polar surface area (TPSA) is 37.3 Å². The zero-order valence-electron chi connectivity index (χ0n) is 9.87.